The fourth-order valence-electron chi connectivity index (χ4n) is 2.07. The van der Waals surface area contributed by atoms with Gasteiger partial charge in [-0.1, -0.05) is 35.2 Å². The van der Waals surface area contributed by atoms with Crippen LogP contribution in [-0.4, -0.2) is 26.2 Å². The van der Waals surface area contributed by atoms with Crippen molar-refractivity contribution in [3.05, 3.63) is 30.1 Å². The average Bonchev–Trinajstić information content (AvgIpc) is 3.22. The molecule has 6 nitrogen and oxygen atoms in total. The fourth-order valence-corrected chi connectivity index (χ4v) is 3.75. The van der Waals surface area contributed by atoms with Crippen LogP contribution in [0.1, 0.15) is 18.7 Å². The third kappa shape index (κ3) is 2.97. The van der Waals surface area contributed by atoms with Crippen molar-refractivity contribution in [2.45, 2.75) is 29.0 Å². The van der Waals surface area contributed by atoms with E-state index in [1.807, 2.05) is 24.3 Å². The van der Waals surface area contributed by atoms with Gasteiger partial charge in [-0.2, -0.15) is 0 Å². The van der Waals surface area contributed by atoms with Crippen LogP contribution in [0.5, 0.6) is 0 Å². The van der Waals surface area contributed by atoms with Crippen LogP contribution in [-0.2, 0) is 5.75 Å². The maximum Gasteiger partial charge on any atom is 0.206 e. The van der Waals surface area contributed by atoms with E-state index >= 15 is 0 Å². The van der Waals surface area contributed by atoms with Gasteiger partial charge in [-0.3, -0.25) is 0 Å². The molecular formula is C14H14N6S2. The molecular weight excluding hydrogens is 316 g/mol. The van der Waals surface area contributed by atoms with Crippen molar-refractivity contribution in [1.29, 1.82) is 0 Å². The molecule has 0 bridgehead atoms. The standard InChI is InChI=1S/C14H14N6S2/c15-12-9-3-1-2-4-10(9)17-11(18-12)7-21-14-20-19-13(22-14)16-8-5-6-8/h1-4,8H,5-7H2,(H,16,19)(H2,15,17,18). The Hall–Kier alpha value is -1.93. The van der Waals surface area contributed by atoms with Gasteiger partial charge in [0, 0.05) is 11.4 Å². The van der Waals surface area contributed by atoms with Crippen LogP contribution in [0.25, 0.3) is 10.9 Å². The summed E-state index contributed by atoms with van der Waals surface area (Å²) in [5, 5.41) is 13.5. The lowest BCUT2D eigenvalue weighted by Crippen LogP contribution is -1.99. The number of thioether (sulfide) groups is 1. The summed E-state index contributed by atoms with van der Waals surface area (Å²) in [6, 6.07) is 8.36. The van der Waals surface area contributed by atoms with E-state index in [9.17, 15) is 0 Å². The average molecular weight is 330 g/mol. The first kappa shape index (κ1) is 13.7. The lowest BCUT2D eigenvalue weighted by molar-refractivity contribution is 0.991. The second-order valence-corrected chi connectivity index (χ2v) is 7.32. The molecule has 3 N–H and O–H groups in total. The van der Waals surface area contributed by atoms with E-state index in [0.29, 0.717) is 23.4 Å². The zero-order valence-electron chi connectivity index (χ0n) is 11.7. The third-order valence-electron chi connectivity index (χ3n) is 3.32. The molecule has 0 spiro atoms. The van der Waals surface area contributed by atoms with Gasteiger partial charge in [-0.05, 0) is 25.0 Å². The van der Waals surface area contributed by atoms with Gasteiger partial charge in [-0.25, -0.2) is 9.97 Å². The normalized spacial score (nSPS) is 14.4. The van der Waals surface area contributed by atoms with E-state index in [1.165, 1.54) is 12.8 Å². The molecule has 4 rings (SSSR count). The molecule has 2 heterocycles. The number of nitrogens with two attached hydrogens (primary N) is 1. The smallest absolute Gasteiger partial charge is 0.206 e. The highest BCUT2D eigenvalue weighted by Gasteiger charge is 2.22. The predicted octanol–water partition coefficient (Wildman–Crippen LogP) is 2.93. The molecule has 1 saturated carbocycles. The Kier molecular flexibility index (Phi) is 3.55. The molecule has 0 atom stereocenters. The van der Waals surface area contributed by atoms with Gasteiger partial charge >= 0.3 is 0 Å². The summed E-state index contributed by atoms with van der Waals surface area (Å²) < 4.78 is 0.915. The fraction of sp³-hybridized carbons (Fsp3) is 0.286. The SMILES string of the molecule is Nc1nc(CSc2nnc(NC3CC3)s2)nc2ccccc12. The zero-order valence-corrected chi connectivity index (χ0v) is 13.3. The molecule has 8 heteroatoms. The van der Waals surface area contributed by atoms with Crippen LogP contribution in [0.4, 0.5) is 10.9 Å². The number of nitrogen functional groups attached to an aromatic ring is 1. The number of nitrogens with one attached hydrogen (secondary N) is 1. The molecule has 1 aliphatic carbocycles. The number of anilines is 2. The number of fused-ring (bicyclic) bond motifs is 1. The molecule has 2 aromatic heterocycles. The second kappa shape index (κ2) is 5.69. The van der Waals surface area contributed by atoms with E-state index in [4.69, 9.17) is 5.73 Å². The summed E-state index contributed by atoms with van der Waals surface area (Å²) in [4.78, 5) is 8.91. The monoisotopic (exact) mass is 330 g/mol. The maximum atomic E-state index is 6.00. The lowest BCUT2D eigenvalue weighted by Gasteiger charge is -2.04. The van der Waals surface area contributed by atoms with Crippen molar-refractivity contribution in [3.8, 4) is 0 Å². The van der Waals surface area contributed by atoms with Gasteiger partial charge in [0.25, 0.3) is 0 Å². The molecule has 0 aliphatic heterocycles. The van der Waals surface area contributed by atoms with Crippen molar-refractivity contribution < 1.29 is 0 Å². The van der Waals surface area contributed by atoms with E-state index < -0.39 is 0 Å². The minimum absolute atomic E-state index is 0.523. The van der Waals surface area contributed by atoms with Crippen LogP contribution in [0, 0.1) is 0 Å². The van der Waals surface area contributed by atoms with E-state index in [2.05, 4.69) is 25.5 Å². The molecule has 3 aromatic rings. The Morgan fingerprint density at radius 3 is 2.95 bits per heavy atom. The maximum absolute atomic E-state index is 6.00. The van der Waals surface area contributed by atoms with Gasteiger partial charge in [0.15, 0.2) is 4.34 Å². The van der Waals surface area contributed by atoms with Crippen molar-refractivity contribution in [1.82, 2.24) is 20.2 Å². The molecule has 1 fully saturated rings. The Balaban J connectivity index is 1.47. The number of hydrogen-bond donors (Lipinski definition) is 2. The molecule has 0 radical (unpaired) electrons. The van der Waals surface area contributed by atoms with Crippen molar-refractivity contribution >= 4 is 45.0 Å². The van der Waals surface area contributed by atoms with Gasteiger partial charge in [-0.15, -0.1) is 10.2 Å². The van der Waals surface area contributed by atoms with Crippen molar-refractivity contribution in [3.63, 3.8) is 0 Å². The van der Waals surface area contributed by atoms with Crippen molar-refractivity contribution in [2.24, 2.45) is 0 Å². The van der Waals surface area contributed by atoms with Gasteiger partial charge in [0.05, 0.1) is 11.3 Å². The highest BCUT2D eigenvalue weighted by atomic mass is 32.2. The minimum atomic E-state index is 0.523. The minimum Gasteiger partial charge on any atom is -0.383 e. The van der Waals surface area contributed by atoms with Gasteiger partial charge < -0.3 is 11.1 Å². The number of benzene rings is 1. The summed E-state index contributed by atoms with van der Waals surface area (Å²) in [6.45, 7) is 0. The molecule has 0 saturated heterocycles. The molecule has 0 unspecified atom stereocenters. The van der Waals surface area contributed by atoms with Crippen LogP contribution >= 0.6 is 23.1 Å². The highest BCUT2D eigenvalue weighted by molar-refractivity contribution is 8.00. The van der Waals surface area contributed by atoms with Crippen LogP contribution < -0.4 is 11.1 Å². The third-order valence-corrected chi connectivity index (χ3v) is 5.30. The van der Waals surface area contributed by atoms with E-state index in [-0.39, 0.29) is 0 Å². The summed E-state index contributed by atoms with van der Waals surface area (Å²) in [5.41, 5.74) is 6.87. The zero-order chi connectivity index (χ0) is 14.9. The Morgan fingerprint density at radius 2 is 2.09 bits per heavy atom. The summed E-state index contributed by atoms with van der Waals surface area (Å²) in [7, 11) is 0. The summed E-state index contributed by atoms with van der Waals surface area (Å²) >= 11 is 3.15. The number of hydrogen-bond acceptors (Lipinski definition) is 8. The van der Waals surface area contributed by atoms with Gasteiger partial charge in [0.2, 0.25) is 5.13 Å². The van der Waals surface area contributed by atoms with E-state index in [1.54, 1.807) is 23.1 Å². The predicted molar refractivity (Wildman–Crippen MR) is 90.1 cm³/mol. The van der Waals surface area contributed by atoms with Crippen molar-refractivity contribution in [2.75, 3.05) is 11.1 Å². The first-order valence-electron chi connectivity index (χ1n) is 7.02. The van der Waals surface area contributed by atoms with Crippen LogP contribution in [0.2, 0.25) is 0 Å². The lowest BCUT2D eigenvalue weighted by atomic mass is 10.2. The topological polar surface area (TPSA) is 89.6 Å². The van der Waals surface area contributed by atoms with Gasteiger partial charge in [0.1, 0.15) is 11.6 Å². The quantitative estimate of drug-likeness (QED) is 0.695. The number of para-hydroxylation sites is 1. The molecule has 22 heavy (non-hydrogen) atoms. The number of rotatable bonds is 5. The molecule has 1 aliphatic rings. The van der Waals surface area contributed by atoms with Crippen LogP contribution in [0.3, 0.4) is 0 Å². The first-order valence-corrected chi connectivity index (χ1v) is 8.82. The Labute approximate surface area is 135 Å². The van der Waals surface area contributed by atoms with E-state index in [0.717, 1.165) is 20.4 Å². The Bertz CT molecular complexity index is 814. The highest BCUT2D eigenvalue weighted by Crippen LogP contribution is 2.31. The summed E-state index contributed by atoms with van der Waals surface area (Å²) in [6.07, 6.45) is 2.46. The molecule has 112 valence electrons. The summed E-state index contributed by atoms with van der Waals surface area (Å²) in [5.74, 6) is 1.87. The number of aromatic nitrogens is 4. The first-order chi connectivity index (χ1) is 10.8. The van der Waals surface area contributed by atoms with Crippen LogP contribution in [0.15, 0.2) is 28.6 Å². The largest absolute Gasteiger partial charge is 0.383 e. The molecule has 0 amide bonds. The molecule has 1 aromatic carbocycles. The number of nitrogens with zero attached hydrogens (tertiary/aromatic N) is 4. The second-order valence-electron chi connectivity index (χ2n) is 5.12. The Morgan fingerprint density at radius 1 is 1.23 bits per heavy atom.